The second kappa shape index (κ2) is 8.64. The highest BCUT2D eigenvalue weighted by atomic mass is 32.2. The highest BCUT2D eigenvalue weighted by molar-refractivity contribution is 7.98. The van der Waals surface area contributed by atoms with Crippen LogP contribution in [0.1, 0.15) is 11.1 Å². The quantitative estimate of drug-likeness (QED) is 0.202. The summed E-state index contributed by atoms with van der Waals surface area (Å²) in [5.41, 5.74) is 2.99. The molecule has 2 heterocycles. The number of methoxy groups -OCH3 is 1. The zero-order valence-electron chi connectivity index (χ0n) is 18.3. The fourth-order valence-corrected chi connectivity index (χ4v) is 4.72. The van der Waals surface area contributed by atoms with Crippen LogP contribution in [0.15, 0.2) is 76.7 Å². The molecule has 0 N–H and O–H groups in total. The highest BCUT2D eigenvalue weighted by Gasteiger charge is 2.20. The number of nitro groups is 1. The van der Waals surface area contributed by atoms with Gasteiger partial charge in [0.15, 0.2) is 5.16 Å². The molecular formula is C24H19N5O4S. The van der Waals surface area contributed by atoms with E-state index in [0.717, 1.165) is 11.1 Å². The first-order valence-electron chi connectivity index (χ1n) is 10.4. The molecule has 10 heteroatoms. The normalized spacial score (nSPS) is 11.2. The number of thioether (sulfide) groups is 1. The van der Waals surface area contributed by atoms with Crippen LogP contribution in [-0.4, -0.2) is 31.2 Å². The van der Waals surface area contributed by atoms with Crippen LogP contribution in [0.3, 0.4) is 0 Å². The maximum Gasteiger partial charge on any atom is 0.269 e. The number of nitrogens with zero attached hydrogens (tertiary/aromatic N) is 5. The van der Waals surface area contributed by atoms with Gasteiger partial charge in [-0.3, -0.25) is 19.3 Å². The van der Waals surface area contributed by atoms with E-state index in [1.807, 2.05) is 47.7 Å². The summed E-state index contributed by atoms with van der Waals surface area (Å²) in [6.45, 7) is 1.95. The van der Waals surface area contributed by atoms with E-state index in [0.29, 0.717) is 39.0 Å². The SMILES string of the molecule is COc1ccc(C)cc1-n1c(=O)c2ccccc2n2c(SCc3ccc([N+](=O)[O-])cc3)nnc12. The Kier molecular flexibility index (Phi) is 5.50. The summed E-state index contributed by atoms with van der Waals surface area (Å²) >= 11 is 1.43. The number of para-hydroxylation sites is 1. The second-order valence-electron chi connectivity index (χ2n) is 7.66. The van der Waals surface area contributed by atoms with Gasteiger partial charge in [0.25, 0.3) is 11.2 Å². The Labute approximate surface area is 197 Å². The molecule has 34 heavy (non-hydrogen) atoms. The maximum absolute atomic E-state index is 13.6. The molecule has 5 rings (SSSR count). The molecule has 0 aliphatic carbocycles. The van der Waals surface area contributed by atoms with Crippen LogP contribution in [0.5, 0.6) is 5.75 Å². The number of hydrogen-bond acceptors (Lipinski definition) is 7. The second-order valence-corrected chi connectivity index (χ2v) is 8.61. The summed E-state index contributed by atoms with van der Waals surface area (Å²) in [5.74, 6) is 1.45. The van der Waals surface area contributed by atoms with Crippen LogP contribution in [0.4, 0.5) is 5.69 Å². The monoisotopic (exact) mass is 473 g/mol. The van der Waals surface area contributed by atoms with Gasteiger partial charge >= 0.3 is 0 Å². The number of fused-ring (bicyclic) bond motifs is 3. The van der Waals surface area contributed by atoms with Crippen LogP contribution >= 0.6 is 11.8 Å². The minimum absolute atomic E-state index is 0.0452. The van der Waals surface area contributed by atoms with Crippen molar-refractivity contribution in [3.63, 3.8) is 0 Å². The number of nitro benzene ring substituents is 1. The first-order chi connectivity index (χ1) is 16.5. The Hall–Kier alpha value is -4.18. The van der Waals surface area contributed by atoms with Gasteiger partial charge in [-0.15, -0.1) is 10.2 Å². The predicted molar refractivity (Wildman–Crippen MR) is 130 cm³/mol. The van der Waals surface area contributed by atoms with E-state index in [2.05, 4.69) is 10.2 Å². The summed E-state index contributed by atoms with van der Waals surface area (Å²) < 4.78 is 8.92. The Morgan fingerprint density at radius 3 is 2.56 bits per heavy atom. The van der Waals surface area contributed by atoms with E-state index in [1.165, 1.54) is 28.5 Å². The zero-order valence-corrected chi connectivity index (χ0v) is 19.2. The molecule has 170 valence electrons. The Morgan fingerprint density at radius 2 is 1.82 bits per heavy atom. The van der Waals surface area contributed by atoms with Crippen molar-refractivity contribution in [3.8, 4) is 11.4 Å². The summed E-state index contributed by atoms with van der Waals surface area (Å²) in [4.78, 5) is 24.1. The number of ether oxygens (including phenoxy) is 1. The summed E-state index contributed by atoms with van der Waals surface area (Å²) in [7, 11) is 1.56. The third-order valence-corrected chi connectivity index (χ3v) is 6.49. The first kappa shape index (κ1) is 21.7. The van der Waals surface area contributed by atoms with Crippen LogP contribution in [0.2, 0.25) is 0 Å². The lowest BCUT2D eigenvalue weighted by atomic mass is 10.2. The molecule has 0 saturated heterocycles. The minimum atomic E-state index is -0.423. The highest BCUT2D eigenvalue weighted by Crippen LogP contribution is 2.29. The number of non-ortho nitro benzene ring substituents is 1. The number of aromatic nitrogens is 4. The van der Waals surface area contributed by atoms with Crippen LogP contribution < -0.4 is 10.3 Å². The standard InChI is InChI=1S/C24H19N5O4S/c1-15-7-12-21(33-2)20(13-15)27-22(30)18-5-3-4-6-19(18)28-23(27)25-26-24(28)34-14-16-8-10-17(11-9-16)29(31)32/h3-13H,14H2,1-2H3. The van der Waals surface area contributed by atoms with E-state index in [4.69, 9.17) is 4.74 Å². The average molecular weight is 474 g/mol. The number of aryl methyl sites for hydroxylation is 1. The molecule has 0 unspecified atom stereocenters. The minimum Gasteiger partial charge on any atom is -0.495 e. The van der Waals surface area contributed by atoms with Gasteiger partial charge in [0.2, 0.25) is 5.78 Å². The third kappa shape index (κ3) is 3.67. The molecular weight excluding hydrogens is 454 g/mol. The molecule has 0 radical (unpaired) electrons. The zero-order chi connectivity index (χ0) is 23.8. The van der Waals surface area contributed by atoms with E-state index < -0.39 is 4.92 Å². The molecule has 0 fully saturated rings. The largest absolute Gasteiger partial charge is 0.495 e. The van der Waals surface area contributed by atoms with Crippen molar-refractivity contribution in [1.29, 1.82) is 0 Å². The molecule has 0 spiro atoms. The molecule has 0 atom stereocenters. The fourth-order valence-electron chi connectivity index (χ4n) is 3.83. The lowest BCUT2D eigenvalue weighted by Crippen LogP contribution is -2.22. The van der Waals surface area contributed by atoms with E-state index >= 15 is 0 Å². The summed E-state index contributed by atoms with van der Waals surface area (Å²) in [5, 5.41) is 20.8. The molecule has 0 aliphatic heterocycles. The van der Waals surface area contributed by atoms with Crippen molar-refractivity contribution in [3.05, 3.63) is 98.3 Å². The lowest BCUT2D eigenvalue weighted by Gasteiger charge is -2.14. The van der Waals surface area contributed by atoms with Crippen LogP contribution in [-0.2, 0) is 5.75 Å². The van der Waals surface area contributed by atoms with Crippen molar-refractivity contribution in [2.45, 2.75) is 17.8 Å². The Morgan fingerprint density at radius 1 is 1.06 bits per heavy atom. The van der Waals surface area contributed by atoms with E-state index in [9.17, 15) is 14.9 Å². The maximum atomic E-state index is 13.6. The van der Waals surface area contributed by atoms with Crippen molar-refractivity contribution < 1.29 is 9.66 Å². The Bertz CT molecular complexity index is 1610. The smallest absolute Gasteiger partial charge is 0.269 e. The third-order valence-electron chi connectivity index (χ3n) is 5.49. The molecule has 2 aromatic heterocycles. The van der Waals surface area contributed by atoms with Gasteiger partial charge in [-0.2, -0.15) is 0 Å². The van der Waals surface area contributed by atoms with E-state index in [-0.39, 0.29) is 11.2 Å². The Balaban J connectivity index is 1.67. The molecule has 0 saturated carbocycles. The first-order valence-corrected chi connectivity index (χ1v) is 11.4. The molecule has 9 nitrogen and oxygen atoms in total. The topological polar surface area (TPSA) is 105 Å². The molecule has 0 amide bonds. The summed E-state index contributed by atoms with van der Waals surface area (Å²) in [6, 6.07) is 19.4. The van der Waals surface area contributed by atoms with Gasteiger partial charge in [0, 0.05) is 17.9 Å². The van der Waals surface area contributed by atoms with Gasteiger partial charge < -0.3 is 4.74 Å². The molecule has 0 aliphatic rings. The van der Waals surface area contributed by atoms with Gasteiger partial charge in [0.05, 0.1) is 28.6 Å². The molecule has 3 aromatic carbocycles. The van der Waals surface area contributed by atoms with E-state index in [1.54, 1.807) is 25.3 Å². The lowest BCUT2D eigenvalue weighted by molar-refractivity contribution is -0.384. The van der Waals surface area contributed by atoms with Gasteiger partial charge in [-0.05, 0) is 42.3 Å². The van der Waals surface area contributed by atoms with Crippen molar-refractivity contribution in [1.82, 2.24) is 19.2 Å². The number of benzene rings is 3. The number of hydrogen-bond donors (Lipinski definition) is 0. The predicted octanol–water partition coefficient (Wildman–Crippen LogP) is 4.55. The number of rotatable bonds is 6. The molecule has 0 bridgehead atoms. The van der Waals surface area contributed by atoms with Gasteiger partial charge in [0.1, 0.15) is 5.75 Å². The van der Waals surface area contributed by atoms with Crippen molar-refractivity contribution >= 4 is 34.1 Å². The van der Waals surface area contributed by atoms with Crippen molar-refractivity contribution in [2.75, 3.05) is 7.11 Å². The van der Waals surface area contributed by atoms with Crippen LogP contribution in [0, 0.1) is 17.0 Å². The molecule has 5 aromatic rings. The van der Waals surface area contributed by atoms with Gasteiger partial charge in [-0.25, -0.2) is 4.57 Å². The summed E-state index contributed by atoms with van der Waals surface area (Å²) in [6.07, 6.45) is 0. The van der Waals surface area contributed by atoms with Crippen molar-refractivity contribution in [2.24, 2.45) is 0 Å². The average Bonchev–Trinajstić information content (AvgIpc) is 3.27. The van der Waals surface area contributed by atoms with Crippen LogP contribution in [0.25, 0.3) is 22.4 Å². The fraction of sp³-hybridized carbons (Fsp3) is 0.125. The van der Waals surface area contributed by atoms with Gasteiger partial charge in [-0.1, -0.05) is 42.1 Å².